The van der Waals surface area contributed by atoms with E-state index in [1.165, 1.54) is 10.8 Å². The van der Waals surface area contributed by atoms with Crippen molar-refractivity contribution in [3.05, 3.63) is 157 Å². The van der Waals surface area contributed by atoms with Crippen molar-refractivity contribution in [3.8, 4) is 28.6 Å². The van der Waals surface area contributed by atoms with Crippen molar-refractivity contribution >= 4 is 65.6 Å². The SMILES string of the molecule is N#Cc1cccc(-c2cccc(-n3c4ccccc4c4ccccc43)c2)c1-n1c2ccccc2c2cc3c(cc21)oc1ccccc13. The van der Waals surface area contributed by atoms with Gasteiger partial charge < -0.3 is 13.6 Å². The van der Waals surface area contributed by atoms with E-state index in [2.05, 4.69) is 137 Å². The minimum atomic E-state index is 0.608. The molecule has 4 heteroatoms. The lowest BCUT2D eigenvalue weighted by molar-refractivity contribution is 0.669. The molecule has 218 valence electrons. The summed E-state index contributed by atoms with van der Waals surface area (Å²) in [5.74, 6) is 0. The zero-order valence-corrected chi connectivity index (χ0v) is 25.2. The van der Waals surface area contributed by atoms with E-state index in [1.54, 1.807) is 0 Å². The lowest BCUT2D eigenvalue weighted by Crippen LogP contribution is -2.01. The molecule has 0 atom stereocenters. The average molecular weight is 600 g/mol. The van der Waals surface area contributed by atoms with Gasteiger partial charge in [0.05, 0.1) is 33.3 Å². The third-order valence-electron chi connectivity index (χ3n) is 9.55. The van der Waals surface area contributed by atoms with Crippen LogP contribution in [-0.4, -0.2) is 9.13 Å². The first-order chi connectivity index (χ1) is 23.3. The van der Waals surface area contributed by atoms with E-state index in [-0.39, 0.29) is 0 Å². The van der Waals surface area contributed by atoms with Gasteiger partial charge in [-0.05, 0) is 54.1 Å². The van der Waals surface area contributed by atoms with Gasteiger partial charge in [0.15, 0.2) is 0 Å². The molecule has 3 heterocycles. The van der Waals surface area contributed by atoms with Crippen molar-refractivity contribution < 1.29 is 4.42 Å². The lowest BCUT2D eigenvalue weighted by atomic mass is 9.99. The standard InChI is InChI=1S/C43H25N3O/c44-26-28-12-10-18-30(27-11-9-13-29(23-27)45-37-19-5-1-14-31(37)32-15-2-6-20-38(32)45)43(28)46-39-21-7-3-16-33(39)35-24-36-34-17-4-8-22-41(34)47-42(36)25-40(35)46/h1-25H. The summed E-state index contributed by atoms with van der Waals surface area (Å²) in [6.07, 6.45) is 0. The summed E-state index contributed by atoms with van der Waals surface area (Å²) >= 11 is 0. The molecule has 0 spiro atoms. The number of benzene rings is 7. The van der Waals surface area contributed by atoms with Gasteiger partial charge in [-0.25, -0.2) is 0 Å². The van der Waals surface area contributed by atoms with Gasteiger partial charge >= 0.3 is 0 Å². The van der Waals surface area contributed by atoms with Crippen molar-refractivity contribution in [2.24, 2.45) is 0 Å². The van der Waals surface area contributed by atoms with Crippen molar-refractivity contribution in [3.63, 3.8) is 0 Å². The highest BCUT2D eigenvalue weighted by atomic mass is 16.3. The van der Waals surface area contributed by atoms with Crippen LogP contribution in [0, 0.1) is 11.3 Å². The van der Waals surface area contributed by atoms with Gasteiger partial charge in [0.2, 0.25) is 0 Å². The smallest absolute Gasteiger partial charge is 0.137 e. The third kappa shape index (κ3) is 3.63. The molecule has 0 amide bonds. The van der Waals surface area contributed by atoms with Crippen LogP contribution in [0.5, 0.6) is 0 Å². The molecule has 3 aromatic heterocycles. The number of hydrogen-bond acceptors (Lipinski definition) is 2. The summed E-state index contributed by atoms with van der Waals surface area (Å²) in [5.41, 5.74) is 10.6. The molecule has 0 saturated carbocycles. The normalized spacial score (nSPS) is 11.8. The highest BCUT2D eigenvalue weighted by molar-refractivity contribution is 6.17. The van der Waals surface area contributed by atoms with Gasteiger partial charge in [-0.1, -0.05) is 97.1 Å². The number of furan rings is 1. The zero-order chi connectivity index (χ0) is 31.1. The Bertz CT molecular complexity index is 2880. The van der Waals surface area contributed by atoms with Crippen molar-refractivity contribution in [1.82, 2.24) is 9.13 Å². The van der Waals surface area contributed by atoms with E-state index < -0.39 is 0 Å². The Balaban J connectivity index is 1.27. The maximum Gasteiger partial charge on any atom is 0.137 e. The van der Waals surface area contributed by atoms with E-state index in [9.17, 15) is 5.26 Å². The number of rotatable bonds is 3. The number of aromatic nitrogens is 2. The summed E-state index contributed by atoms with van der Waals surface area (Å²) in [6.45, 7) is 0. The van der Waals surface area contributed by atoms with Crippen LogP contribution in [0.25, 0.3) is 88.1 Å². The molecule has 7 aromatic carbocycles. The number of fused-ring (bicyclic) bond motifs is 9. The molecule has 0 bridgehead atoms. The monoisotopic (exact) mass is 599 g/mol. The van der Waals surface area contributed by atoms with Crippen LogP contribution in [0.4, 0.5) is 0 Å². The van der Waals surface area contributed by atoms with Gasteiger partial charge in [-0.15, -0.1) is 0 Å². The van der Waals surface area contributed by atoms with Crippen molar-refractivity contribution in [1.29, 1.82) is 5.26 Å². The van der Waals surface area contributed by atoms with E-state index in [4.69, 9.17) is 4.42 Å². The first-order valence-electron chi connectivity index (χ1n) is 15.8. The van der Waals surface area contributed by atoms with E-state index in [0.29, 0.717) is 5.56 Å². The quantitative estimate of drug-likeness (QED) is 0.203. The predicted molar refractivity (Wildman–Crippen MR) is 193 cm³/mol. The molecule has 0 saturated heterocycles. The Kier molecular flexibility index (Phi) is 5.32. The van der Waals surface area contributed by atoms with Crippen LogP contribution < -0.4 is 0 Å². The minimum Gasteiger partial charge on any atom is -0.456 e. The van der Waals surface area contributed by atoms with Crippen LogP contribution in [0.1, 0.15) is 5.56 Å². The third-order valence-corrected chi connectivity index (χ3v) is 9.55. The second-order valence-electron chi connectivity index (χ2n) is 12.0. The Hall–Kier alpha value is -6.57. The molecule has 0 unspecified atom stereocenters. The minimum absolute atomic E-state index is 0.608. The molecule has 0 aliphatic carbocycles. The van der Waals surface area contributed by atoms with Gasteiger partial charge in [-0.2, -0.15) is 5.26 Å². The van der Waals surface area contributed by atoms with Crippen LogP contribution >= 0.6 is 0 Å². The molecular formula is C43H25N3O. The van der Waals surface area contributed by atoms with Gasteiger partial charge in [0.1, 0.15) is 17.2 Å². The average Bonchev–Trinajstić information content (AvgIpc) is 3.77. The van der Waals surface area contributed by atoms with Gasteiger partial charge in [0, 0.05) is 49.6 Å². The maximum atomic E-state index is 10.6. The number of hydrogen-bond donors (Lipinski definition) is 0. The summed E-state index contributed by atoms with van der Waals surface area (Å²) in [5, 5.41) is 17.4. The molecule has 0 radical (unpaired) electrons. The summed E-state index contributed by atoms with van der Waals surface area (Å²) in [6, 6.07) is 55.3. The highest BCUT2D eigenvalue weighted by Crippen LogP contribution is 2.42. The molecule has 10 aromatic rings. The summed E-state index contributed by atoms with van der Waals surface area (Å²) in [4.78, 5) is 0. The predicted octanol–water partition coefficient (Wildman–Crippen LogP) is 11.3. The first-order valence-corrected chi connectivity index (χ1v) is 15.8. The molecule has 0 aliphatic heterocycles. The second-order valence-corrected chi connectivity index (χ2v) is 12.0. The number of nitrogens with zero attached hydrogens (tertiary/aromatic N) is 3. The van der Waals surface area contributed by atoms with E-state index in [0.717, 1.165) is 77.3 Å². The summed E-state index contributed by atoms with van der Waals surface area (Å²) < 4.78 is 10.9. The highest BCUT2D eigenvalue weighted by Gasteiger charge is 2.21. The summed E-state index contributed by atoms with van der Waals surface area (Å²) in [7, 11) is 0. The Labute approximate surface area is 269 Å². The zero-order valence-electron chi connectivity index (χ0n) is 25.2. The Morgan fingerprint density at radius 2 is 1.06 bits per heavy atom. The van der Waals surface area contributed by atoms with E-state index >= 15 is 0 Å². The molecule has 0 aliphatic rings. The Morgan fingerprint density at radius 1 is 0.447 bits per heavy atom. The number of nitriles is 1. The fraction of sp³-hybridized carbons (Fsp3) is 0. The molecule has 4 nitrogen and oxygen atoms in total. The largest absolute Gasteiger partial charge is 0.456 e. The van der Waals surface area contributed by atoms with Crippen LogP contribution in [-0.2, 0) is 0 Å². The molecule has 47 heavy (non-hydrogen) atoms. The molecule has 0 fully saturated rings. The second kappa shape index (κ2) is 9.71. The molecule has 0 N–H and O–H groups in total. The molecule has 10 rings (SSSR count). The van der Waals surface area contributed by atoms with Crippen LogP contribution in [0.3, 0.4) is 0 Å². The Morgan fingerprint density at radius 3 is 1.79 bits per heavy atom. The first kappa shape index (κ1) is 25.7. The van der Waals surface area contributed by atoms with Crippen LogP contribution in [0.2, 0.25) is 0 Å². The molecular weight excluding hydrogens is 574 g/mol. The number of para-hydroxylation sites is 5. The topological polar surface area (TPSA) is 46.8 Å². The van der Waals surface area contributed by atoms with Crippen LogP contribution in [0.15, 0.2) is 156 Å². The fourth-order valence-electron chi connectivity index (χ4n) is 7.55. The van der Waals surface area contributed by atoms with Gasteiger partial charge in [0.25, 0.3) is 0 Å². The fourth-order valence-corrected chi connectivity index (χ4v) is 7.55. The van der Waals surface area contributed by atoms with Crippen molar-refractivity contribution in [2.75, 3.05) is 0 Å². The van der Waals surface area contributed by atoms with Gasteiger partial charge in [-0.3, -0.25) is 0 Å². The van der Waals surface area contributed by atoms with Crippen molar-refractivity contribution in [2.45, 2.75) is 0 Å². The lowest BCUT2D eigenvalue weighted by Gasteiger charge is -2.17. The van der Waals surface area contributed by atoms with E-state index in [1.807, 2.05) is 30.3 Å². The maximum absolute atomic E-state index is 10.6.